The number of nitrogens with one attached hydrogen (secondary N) is 1. The number of aliphatic hydroxyl groups is 1. The van der Waals surface area contributed by atoms with Gasteiger partial charge in [0.05, 0.1) is 18.3 Å². The minimum absolute atomic E-state index is 0.0656. The number of fused-ring (bicyclic) bond motifs is 5. The van der Waals surface area contributed by atoms with E-state index in [9.17, 15) is 14.3 Å². The van der Waals surface area contributed by atoms with Gasteiger partial charge in [0.2, 0.25) is 0 Å². The number of halogens is 1. The van der Waals surface area contributed by atoms with E-state index in [1.54, 1.807) is 6.07 Å². The summed E-state index contributed by atoms with van der Waals surface area (Å²) in [6.07, 6.45) is 13.0. The minimum atomic E-state index is -0.424. The lowest BCUT2D eigenvalue weighted by molar-refractivity contribution is 0.0867. The topological polar surface area (TPSA) is 62.2 Å². The van der Waals surface area contributed by atoms with E-state index in [4.69, 9.17) is 0 Å². The van der Waals surface area contributed by atoms with Crippen molar-refractivity contribution in [2.24, 2.45) is 17.3 Å². The maximum Gasteiger partial charge on any atom is 0.251 e. The minimum Gasteiger partial charge on any atom is -0.391 e. The van der Waals surface area contributed by atoms with Gasteiger partial charge in [0.25, 0.3) is 5.91 Å². The summed E-state index contributed by atoms with van der Waals surface area (Å²) < 4.78 is 13.9. The number of benzene rings is 1. The highest BCUT2D eigenvalue weighted by molar-refractivity contribution is 5.94. The van der Waals surface area contributed by atoms with Gasteiger partial charge >= 0.3 is 0 Å². The summed E-state index contributed by atoms with van der Waals surface area (Å²) in [5, 5.41) is 13.1. The van der Waals surface area contributed by atoms with Crippen molar-refractivity contribution in [3.8, 4) is 0 Å². The number of hydrogen-bond donors (Lipinski definition) is 2. The zero-order valence-corrected chi connectivity index (χ0v) is 19.8. The van der Waals surface area contributed by atoms with Crippen molar-refractivity contribution in [3.05, 3.63) is 70.8 Å². The van der Waals surface area contributed by atoms with Gasteiger partial charge in [-0.15, -0.1) is 0 Å². The fraction of sp³-hybridized carbons (Fsp3) is 0.517. The van der Waals surface area contributed by atoms with Gasteiger partial charge in [-0.1, -0.05) is 19.1 Å². The van der Waals surface area contributed by atoms with E-state index < -0.39 is 6.10 Å². The summed E-state index contributed by atoms with van der Waals surface area (Å²) in [5.74, 6) is 1.35. The molecule has 6 rings (SSSR count). The molecule has 0 spiro atoms. The number of carbonyl (C=O) groups excluding carboxylic acids is 1. The zero-order valence-electron chi connectivity index (χ0n) is 19.8. The number of pyridine rings is 1. The molecule has 2 saturated carbocycles. The van der Waals surface area contributed by atoms with E-state index >= 15 is 0 Å². The third-order valence-electron chi connectivity index (χ3n) is 9.38. The number of allylic oxidation sites excluding steroid dienone is 2. The van der Waals surface area contributed by atoms with E-state index in [-0.39, 0.29) is 23.2 Å². The Labute approximate surface area is 200 Å². The van der Waals surface area contributed by atoms with Crippen molar-refractivity contribution < 1.29 is 14.3 Å². The Hall–Kier alpha value is -2.53. The maximum atomic E-state index is 13.9. The van der Waals surface area contributed by atoms with Crippen LogP contribution < -0.4 is 5.32 Å². The molecule has 178 valence electrons. The summed E-state index contributed by atoms with van der Waals surface area (Å²) in [7, 11) is 0. The Morgan fingerprint density at radius 1 is 1.18 bits per heavy atom. The van der Waals surface area contributed by atoms with Crippen LogP contribution in [-0.4, -0.2) is 28.1 Å². The molecule has 0 bridgehead atoms. The number of rotatable bonds is 3. The van der Waals surface area contributed by atoms with E-state index in [1.807, 2.05) is 12.3 Å². The van der Waals surface area contributed by atoms with Gasteiger partial charge in [0.15, 0.2) is 0 Å². The van der Waals surface area contributed by atoms with Crippen molar-refractivity contribution in [2.45, 2.75) is 76.4 Å². The van der Waals surface area contributed by atoms with Crippen LogP contribution in [0.15, 0.2) is 42.7 Å². The molecule has 5 heteroatoms. The Morgan fingerprint density at radius 2 is 2.06 bits per heavy atom. The highest BCUT2D eigenvalue weighted by atomic mass is 19.1. The van der Waals surface area contributed by atoms with Crippen LogP contribution in [0.4, 0.5) is 4.39 Å². The molecule has 2 aromatic rings. The second-order valence-corrected chi connectivity index (χ2v) is 11.1. The van der Waals surface area contributed by atoms with E-state index in [1.165, 1.54) is 22.9 Å². The predicted molar refractivity (Wildman–Crippen MR) is 130 cm³/mol. The third kappa shape index (κ3) is 3.51. The molecule has 1 aromatic carbocycles. The first-order valence-corrected chi connectivity index (χ1v) is 12.9. The fourth-order valence-electron chi connectivity index (χ4n) is 7.66. The number of aliphatic hydroxyl groups excluding tert-OH is 1. The molecule has 4 aliphatic rings. The lowest BCUT2D eigenvalue weighted by Crippen LogP contribution is -2.41. The summed E-state index contributed by atoms with van der Waals surface area (Å²) >= 11 is 0. The van der Waals surface area contributed by atoms with E-state index in [0.717, 1.165) is 56.9 Å². The van der Waals surface area contributed by atoms with E-state index in [2.05, 4.69) is 35.4 Å². The SMILES string of the molecule is C[C@]12CC[C@@H]3c4ccc(C(=O)N[C@H]5CCC[C@H]5O)cc4CC[C@H]3[C@@H]1CC=C2c1cncc(F)c1. The molecule has 1 heterocycles. The van der Waals surface area contributed by atoms with Crippen LogP contribution in [0.25, 0.3) is 5.57 Å². The monoisotopic (exact) mass is 460 g/mol. The van der Waals surface area contributed by atoms with Crippen LogP contribution in [-0.2, 0) is 6.42 Å². The van der Waals surface area contributed by atoms with Gasteiger partial charge in [-0.05, 0) is 115 Å². The number of hydrogen-bond acceptors (Lipinski definition) is 3. The Balaban J connectivity index is 1.22. The van der Waals surface area contributed by atoms with Gasteiger partial charge < -0.3 is 10.4 Å². The molecular formula is C29H33FN2O2. The Kier molecular flexibility index (Phi) is 5.36. The molecule has 4 aliphatic carbocycles. The number of amides is 1. The van der Waals surface area contributed by atoms with Crippen LogP contribution in [0, 0.1) is 23.1 Å². The van der Waals surface area contributed by atoms with Crippen LogP contribution in [0.1, 0.15) is 84.8 Å². The molecule has 0 saturated heterocycles. The normalized spacial score (nSPS) is 34.1. The summed E-state index contributed by atoms with van der Waals surface area (Å²) in [5.41, 5.74) is 5.70. The number of aromatic nitrogens is 1. The number of nitrogens with zero attached hydrogens (tertiary/aromatic N) is 1. The van der Waals surface area contributed by atoms with Crippen molar-refractivity contribution in [2.75, 3.05) is 0 Å². The highest BCUT2D eigenvalue weighted by Crippen LogP contribution is 2.63. The molecule has 2 fully saturated rings. The quantitative estimate of drug-likeness (QED) is 0.644. The lowest BCUT2D eigenvalue weighted by Gasteiger charge is -2.50. The Morgan fingerprint density at radius 3 is 2.85 bits per heavy atom. The zero-order chi connectivity index (χ0) is 23.4. The van der Waals surface area contributed by atoms with Gasteiger partial charge in [-0.2, -0.15) is 0 Å². The standard InChI is InChI=1S/C29H33FN2O2/c1-29-12-11-22-21-7-6-18(28(34)32-26-3-2-4-27(26)33)13-17(21)5-8-23(22)25(29)10-9-24(29)19-14-20(30)16-31-15-19/h6-7,9,13-16,22-23,25-27,33H,2-5,8,10-12H2,1H3,(H,32,34)/t22-,23-,25+,26+,27-,29-/m1/s1. The Bertz CT molecular complexity index is 1160. The van der Waals surface area contributed by atoms with Crippen molar-refractivity contribution in [3.63, 3.8) is 0 Å². The van der Waals surface area contributed by atoms with Crippen LogP contribution in [0.2, 0.25) is 0 Å². The maximum absolute atomic E-state index is 13.9. The van der Waals surface area contributed by atoms with Gasteiger partial charge in [-0.3, -0.25) is 9.78 Å². The number of carbonyl (C=O) groups is 1. The first-order valence-electron chi connectivity index (χ1n) is 12.9. The predicted octanol–water partition coefficient (Wildman–Crippen LogP) is 5.41. The van der Waals surface area contributed by atoms with Crippen molar-refractivity contribution >= 4 is 11.5 Å². The average molecular weight is 461 g/mol. The summed E-state index contributed by atoms with van der Waals surface area (Å²) in [6, 6.07) is 7.76. The van der Waals surface area contributed by atoms with Crippen LogP contribution in [0.5, 0.6) is 0 Å². The molecule has 2 N–H and O–H groups in total. The van der Waals surface area contributed by atoms with Gasteiger partial charge in [-0.25, -0.2) is 4.39 Å². The molecule has 34 heavy (non-hydrogen) atoms. The van der Waals surface area contributed by atoms with Crippen molar-refractivity contribution in [1.29, 1.82) is 0 Å². The number of aryl methyl sites for hydroxylation is 1. The average Bonchev–Trinajstić information content (AvgIpc) is 3.40. The lowest BCUT2D eigenvalue weighted by atomic mass is 9.54. The second kappa shape index (κ2) is 8.30. The van der Waals surface area contributed by atoms with Gasteiger partial charge in [0, 0.05) is 11.8 Å². The fourth-order valence-corrected chi connectivity index (χ4v) is 7.66. The van der Waals surface area contributed by atoms with Gasteiger partial charge in [0.1, 0.15) is 5.82 Å². The molecule has 0 radical (unpaired) electrons. The summed E-state index contributed by atoms with van der Waals surface area (Å²) in [4.78, 5) is 16.9. The first-order chi connectivity index (χ1) is 16.4. The highest BCUT2D eigenvalue weighted by Gasteiger charge is 2.52. The summed E-state index contributed by atoms with van der Waals surface area (Å²) in [6.45, 7) is 2.37. The molecule has 1 aromatic heterocycles. The van der Waals surface area contributed by atoms with E-state index in [0.29, 0.717) is 23.3 Å². The smallest absolute Gasteiger partial charge is 0.251 e. The molecule has 4 nitrogen and oxygen atoms in total. The van der Waals surface area contributed by atoms with Crippen LogP contribution in [0.3, 0.4) is 0 Å². The van der Waals surface area contributed by atoms with Crippen molar-refractivity contribution in [1.82, 2.24) is 10.3 Å². The molecular weight excluding hydrogens is 427 g/mol. The molecule has 0 aliphatic heterocycles. The largest absolute Gasteiger partial charge is 0.391 e. The first kappa shape index (κ1) is 22.0. The molecule has 1 amide bonds. The molecule has 6 atom stereocenters. The molecule has 0 unspecified atom stereocenters. The third-order valence-corrected chi connectivity index (χ3v) is 9.38. The van der Waals surface area contributed by atoms with Crippen LogP contribution >= 0.6 is 0 Å². The second-order valence-electron chi connectivity index (χ2n) is 11.1.